The van der Waals surface area contributed by atoms with Gasteiger partial charge in [0.2, 0.25) is 18.6 Å². The molecule has 1 aliphatic rings. The van der Waals surface area contributed by atoms with Crippen molar-refractivity contribution < 1.29 is 14.4 Å². The van der Waals surface area contributed by atoms with E-state index in [1.165, 1.54) is 0 Å². The van der Waals surface area contributed by atoms with Crippen LogP contribution >= 0.6 is 0 Å². The summed E-state index contributed by atoms with van der Waals surface area (Å²) in [5, 5.41) is 13.6. The minimum absolute atomic E-state index is 0.178. The fourth-order valence-corrected chi connectivity index (χ4v) is 1.85. The Labute approximate surface area is 118 Å². The van der Waals surface area contributed by atoms with Crippen molar-refractivity contribution in [1.29, 1.82) is 0 Å². The summed E-state index contributed by atoms with van der Waals surface area (Å²) in [7, 11) is 0. The maximum Gasteiger partial charge on any atom is 0.329 e. The lowest BCUT2D eigenvalue weighted by atomic mass is 10.2. The predicted octanol–water partition coefficient (Wildman–Crippen LogP) is 1.31. The van der Waals surface area contributed by atoms with Crippen LogP contribution in [0.15, 0.2) is 24.4 Å². The van der Waals surface area contributed by atoms with E-state index in [2.05, 4.69) is 15.3 Å². The normalized spacial score (nSPS) is 12.2. The maximum absolute atomic E-state index is 10.6. The number of fused-ring (bicyclic) bond motifs is 1. The van der Waals surface area contributed by atoms with Crippen molar-refractivity contribution >= 4 is 17.5 Å². The molecular weight excluding hydrogens is 278 g/mol. The van der Waals surface area contributed by atoms with E-state index in [1.54, 1.807) is 0 Å². The minimum atomic E-state index is -0.628. The van der Waals surface area contributed by atoms with Crippen LogP contribution in [0.1, 0.15) is 5.56 Å². The van der Waals surface area contributed by atoms with Gasteiger partial charge in [0.25, 0.3) is 0 Å². The van der Waals surface area contributed by atoms with E-state index in [1.807, 2.05) is 18.2 Å². The molecule has 1 aliphatic heterocycles. The third kappa shape index (κ3) is 2.61. The van der Waals surface area contributed by atoms with E-state index < -0.39 is 4.92 Å². The second-order valence-corrected chi connectivity index (χ2v) is 4.26. The lowest BCUT2D eigenvalue weighted by Gasteiger charge is -2.06. The first-order valence-electron chi connectivity index (χ1n) is 6.03. The molecule has 0 amide bonds. The zero-order valence-electron chi connectivity index (χ0n) is 10.8. The van der Waals surface area contributed by atoms with Crippen molar-refractivity contribution in [3.8, 4) is 11.5 Å². The molecule has 0 bridgehead atoms. The second kappa shape index (κ2) is 5.12. The molecule has 0 atom stereocenters. The number of nitrogen functional groups attached to an aromatic ring is 1. The zero-order valence-corrected chi connectivity index (χ0v) is 10.8. The molecule has 3 rings (SSSR count). The Morgan fingerprint density at radius 2 is 2.19 bits per heavy atom. The smallest absolute Gasteiger partial charge is 0.329 e. The predicted molar refractivity (Wildman–Crippen MR) is 73.0 cm³/mol. The number of nitrogens with two attached hydrogens (primary N) is 1. The average molecular weight is 289 g/mol. The van der Waals surface area contributed by atoms with Crippen LogP contribution in [0.3, 0.4) is 0 Å². The fraction of sp³-hybridized carbons (Fsp3) is 0.167. The number of nitrogens with zero attached hydrogens (tertiary/aromatic N) is 3. The molecule has 2 aromatic rings. The summed E-state index contributed by atoms with van der Waals surface area (Å²) < 4.78 is 10.5. The van der Waals surface area contributed by atoms with Gasteiger partial charge in [0.1, 0.15) is 6.20 Å². The summed E-state index contributed by atoms with van der Waals surface area (Å²) in [6.45, 7) is 0.641. The highest BCUT2D eigenvalue weighted by Crippen LogP contribution is 2.32. The van der Waals surface area contributed by atoms with Gasteiger partial charge in [-0.1, -0.05) is 6.07 Å². The van der Waals surface area contributed by atoms with E-state index >= 15 is 0 Å². The second-order valence-electron chi connectivity index (χ2n) is 4.26. The van der Waals surface area contributed by atoms with E-state index in [0.29, 0.717) is 18.0 Å². The molecule has 9 heteroatoms. The number of anilines is 2. The first-order chi connectivity index (χ1) is 10.1. The summed E-state index contributed by atoms with van der Waals surface area (Å²) >= 11 is 0. The molecule has 0 aliphatic carbocycles. The highest BCUT2D eigenvalue weighted by Gasteiger charge is 2.15. The monoisotopic (exact) mass is 289 g/mol. The molecule has 0 saturated carbocycles. The third-order valence-corrected chi connectivity index (χ3v) is 2.88. The largest absolute Gasteiger partial charge is 0.454 e. The molecule has 2 heterocycles. The quantitative estimate of drug-likeness (QED) is 0.637. The number of nitrogens with one attached hydrogen (secondary N) is 1. The first-order valence-corrected chi connectivity index (χ1v) is 6.03. The molecular formula is C12H11N5O4. The lowest BCUT2D eigenvalue weighted by molar-refractivity contribution is -0.384. The number of ether oxygens (including phenoxy) is 2. The van der Waals surface area contributed by atoms with Gasteiger partial charge in [-0.2, -0.15) is 4.98 Å². The van der Waals surface area contributed by atoms with Crippen molar-refractivity contribution in [2.75, 3.05) is 17.8 Å². The van der Waals surface area contributed by atoms with Crippen molar-refractivity contribution in [3.05, 3.63) is 40.1 Å². The Balaban J connectivity index is 1.70. The molecule has 1 aromatic carbocycles. The lowest BCUT2D eigenvalue weighted by Crippen LogP contribution is -2.07. The molecule has 0 radical (unpaired) electrons. The van der Waals surface area contributed by atoms with Gasteiger partial charge in [0, 0.05) is 6.54 Å². The van der Waals surface area contributed by atoms with E-state index in [9.17, 15) is 10.1 Å². The topological polar surface area (TPSA) is 125 Å². The summed E-state index contributed by atoms with van der Waals surface area (Å²) in [6, 6.07) is 5.52. The highest BCUT2D eigenvalue weighted by atomic mass is 16.7. The number of hydrogen-bond donors (Lipinski definition) is 2. The Morgan fingerprint density at radius 3 is 2.95 bits per heavy atom. The van der Waals surface area contributed by atoms with Crippen LogP contribution in [0.2, 0.25) is 0 Å². The zero-order chi connectivity index (χ0) is 14.8. The maximum atomic E-state index is 10.6. The Morgan fingerprint density at radius 1 is 1.38 bits per heavy atom. The summed E-state index contributed by atoms with van der Waals surface area (Å²) in [5.74, 6) is 1.42. The summed E-state index contributed by atoms with van der Waals surface area (Å²) in [5.41, 5.74) is 6.11. The van der Waals surface area contributed by atoms with Crippen molar-refractivity contribution in [2.24, 2.45) is 0 Å². The molecule has 108 valence electrons. The average Bonchev–Trinajstić information content (AvgIpc) is 2.92. The van der Waals surface area contributed by atoms with Gasteiger partial charge in [0.15, 0.2) is 11.5 Å². The molecule has 0 saturated heterocycles. The number of nitro groups is 1. The van der Waals surface area contributed by atoms with Gasteiger partial charge in [-0.15, -0.1) is 0 Å². The molecule has 0 unspecified atom stereocenters. The Bertz CT molecular complexity index is 706. The van der Waals surface area contributed by atoms with Gasteiger partial charge < -0.3 is 20.5 Å². The van der Waals surface area contributed by atoms with Gasteiger partial charge in [0.05, 0.1) is 4.92 Å². The summed E-state index contributed by atoms with van der Waals surface area (Å²) in [6.07, 6.45) is 1.07. The highest BCUT2D eigenvalue weighted by molar-refractivity contribution is 5.53. The Kier molecular flexibility index (Phi) is 3.14. The minimum Gasteiger partial charge on any atom is -0.454 e. The molecule has 9 nitrogen and oxygen atoms in total. The first kappa shape index (κ1) is 12.9. The van der Waals surface area contributed by atoms with Gasteiger partial charge in [-0.25, -0.2) is 4.98 Å². The van der Waals surface area contributed by atoms with Gasteiger partial charge in [-0.3, -0.25) is 10.1 Å². The fourth-order valence-electron chi connectivity index (χ4n) is 1.85. The van der Waals surface area contributed by atoms with Crippen LogP contribution in [-0.2, 0) is 6.54 Å². The van der Waals surface area contributed by atoms with Crippen molar-refractivity contribution in [1.82, 2.24) is 9.97 Å². The van der Waals surface area contributed by atoms with Crippen molar-refractivity contribution in [2.45, 2.75) is 6.54 Å². The third-order valence-electron chi connectivity index (χ3n) is 2.88. The van der Waals surface area contributed by atoms with Crippen LogP contribution in [0.4, 0.5) is 17.5 Å². The van der Waals surface area contributed by atoms with Crippen molar-refractivity contribution in [3.63, 3.8) is 0 Å². The van der Waals surface area contributed by atoms with Crippen LogP contribution in [0, 0.1) is 10.1 Å². The molecule has 0 fully saturated rings. The van der Waals surface area contributed by atoms with Crippen LogP contribution < -0.4 is 20.5 Å². The standard InChI is InChI=1S/C12H11N5O4/c13-11-8(17(18)19)5-15-12(16-11)14-4-7-1-2-9-10(3-7)21-6-20-9/h1-3,5H,4,6H2,(H3,13,14,15,16). The number of benzene rings is 1. The molecule has 3 N–H and O–H groups in total. The van der Waals surface area contributed by atoms with Crippen LogP contribution in [0.25, 0.3) is 0 Å². The molecule has 0 spiro atoms. The number of rotatable bonds is 4. The van der Waals surface area contributed by atoms with Crippen LogP contribution in [0.5, 0.6) is 11.5 Å². The summed E-state index contributed by atoms with van der Waals surface area (Å²) in [4.78, 5) is 17.7. The number of hydrogen-bond acceptors (Lipinski definition) is 8. The van der Waals surface area contributed by atoms with E-state index in [0.717, 1.165) is 11.8 Å². The van der Waals surface area contributed by atoms with Crippen LogP contribution in [-0.4, -0.2) is 21.7 Å². The van der Waals surface area contributed by atoms with Gasteiger partial charge in [-0.05, 0) is 17.7 Å². The SMILES string of the molecule is Nc1nc(NCc2ccc3c(c2)OCO3)ncc1[N+](=O)[O-]. The molecule has 21 heavy (non-hydrogen) atoms. The Hall–Kier alpha value is -3.10. The van der Waals surface area contributed by atoms with E-state index in [-0.39, 0.29) is 24.2 Å². The molecule has 1 aromatic heterocycles. The van der Waals surface area contributed by atoms with Gasteiger partial charge >= 0.3 is 5.69 Å². The van der Waals surface area contributed by atoms with E-state index in [4.69, 9.17) is 15.2 Å². The number of aromatic nitrogens is 2.